The lowest BCUT2D eigenvalue weighted by molar-refractivity contribution is -0.140. The van der Waals surface area contributed by atoms with Crippen LogP contribution in [0, 0.1) is 11.3 Å². The minimum absolute atomic E-state index is 0.0984. The van der Waals surface area contributed by atoms with E-state index in [-0.39, 0.29) is 17.7 Å². The predicted molar refractivity (Wildman–Crippen MR) is 98.0 cm³/mol. The molecule has 1 aromatic rings. The first-order valence-electron chi connectivity index (χ1n) is 8.02. The summed E-state index contributed by atoms with van der Waals surface area (Å²) in [6, 6.07) is 2.07. The molecule has 0 fully saturated rings. The van der Waals surface area contributed by atoms with Crippen LogP contribution in [0.15, 0.2) is 10.1 Å². The van der Waals surface area contributed by atoms with Crippen molar-refractivity contribution < 1.29 is 9.53 Å². The number of ether oxygens (including phenoxy) is 1. The minimum Gasteiger partial charge on any atom is -0.465 e. The van der Waals surface area contributed by atoms with Crippen molar-refractivity contribution in [2.24, 2.45) is 0 Å². The molecule has 1 heterocycles. The number of nitrogens with two attached hydrogens (primary N) is 1. The van der Waals surface area contributed by atoms with Crippen molar-refractivity contribution in [3.63, 3.8) is 0 Å². The number of rotatable bonds is 11. The standard InChI is InChI=1S/C16H24N4O2S2/c1-3-4-5-6-7-8-9-22-13(21)11-24-15-12(10-17)14(23-2)19-16(18)20-15/h3-9,11H2,1-2H3,(H2,18,19,20). The fourth-order valence-corrected chi connectivity index (χ4v) is 3.40. The monoisotopic (exact) mass is 368 g/mol. The molecule has 132 valence electrons. The zero-order valence-corrected chi connectivity index (χ0v) is 15.8. The van der Waals surface area contributed by atoms with E-state index >= 15 is 0 Å². The number of esters is 1. The molecule has 2 N–H and O–H groups in total. The first kappa shape index (κ1) is 20.6. The van der Waals surface area contributed by atoms with E-state index in [1.165, 1.54) is 37.4 Å². The Labute approximate surface area is 152 Å². The summed E-state index contributed by atoms with van der Waals surface area (Å²) >= 11 is 2.48. The van der Waals surface area contributed by atoms with Crippen LogP contribution < -0.4 is 5.73 Å². The molecule has 6 nitrogen and oxygen atoms in total. The van der Waals surface area contributed by atoms with Crippen LogP contribution in [0.3, 0.4) is 0 Å². The van der Waals surface area contributed by atoms with Crippen LogP contribution in [-0.4, -0.2) is 34.6 Å². The van der Waals surface area contributed by atoms with Crippen molar-refractivity contribution in [2.45, 2.75) is 55.5 Å². The van der Waals surface area contributed by atoms with Crippen molar-refractivity contribution >= 4 is 35.4 Å². The average Bonchev–Trinajstić information content (AvgIpc) is 2.58. The Morgan fingerprint density at radius 2 is 1.88 bits per heavy atom. The molecule has 24 heavy (non-hydrogen) atoms. The molecule has 0 amide bonds. The maximum absolute atomic E-state index is 11.8. The van der Waals surface area contributed by atoms with Crippen molar-refractivity contribution in [1.29, 1.82) is 5.26 Å². The van der Waals surface area contributed by atoms with Crippen LogP contribution in [0.5, 0.6) is 0 Å². The predicted octanol–water partition coefficient (Wildman–Crippen LogP) is 3.65. The lowest BCUT2D eigenvalue weighted by Gasteiger charge is -2.07. The zero-order chi connectivity index (χ0) is 17.8. The van der Waals surface area contributed by atoms with E-state index in [1.807, 2.05) is 6.26 Å². The molecule has 0 aliphatic rings. The highest BCUT2D eigenvalue weighted by Gasteiger charge is 2.15. The van der Waals surface area contributed by atoms with Crippen LogP contribution in [-0.2, 0) is 9.53 Å². The zero-order valence-electron chi connectivity index (χ0n) is 14.2. The number of anilines is 1. The molecule has 0 saturated carbocycles. The molecule has 0 saturated heterocycles. The highest BCUT2D eigenvalue weighted by atomic mass is 32.2. The van der Waals surface area contributed by atoms with Gasteiger partial charge in [0.2, 0.25) is 5.95 Å². The highest BCUT2D eigenvalue weighted by Crippen LogP contribution is 2.27. The number of carbonyl (C=O) groups excluding carboxylic acids is 1. The number of unbranched alkanes of at least 4 members (excludes halogenated alkanes) is 5. The van der Waals surface area contributed by atoms with Gasteiger partial charge in [-0.1, -0.05) is 50.8 Å². The second-order valence-electron chi connectivity index (χ2n) is 5.16. The Morgan fingerprint density at radius 3 is 2.54 bits per heavy atom. The summed E-state index contributed by atoms with van der Waals surface area (Å²) in [7, 11) is 0. The quantitative estimate of drug-likeness (QED) is 0.273. The first-order valence-corrected chi connectivity index (χ1v) is 10.2. The summed E-state index contributed by atoms with van der Waals surface area (Å²) in [6.07, 6.45) is 8.69. The van der Waals surface area contributed by atoms with E-state index < -0.39 is 0 Å². The van der Waals surface area contributed by atoms with Gasteiger partial charge in [0.15, 0.2) is 0 Å². The number of carbonyl (C=O) groups is 1. The molecule has 1 aromatic heterocycles. The molecule has 0 spiro atoms. The number of thioether (sulfide) groups is 2. The summed E-state index contributed by atoms with van der Waals surface area (Å²) in [5.74, 6) is -0.101. The normalized spacial score (nSPS) is 10.4. The summed E-state index contributed by atoms with van der Waals surface area (Å²) in [6.45, 7) is 2.63. The minimum atomic E-state index is -0.305. The smallest absolute Gasteiger partial charge is 0.316 e. The average molecular weight is 369 g/mol. The molecular formula is C16H24N4O2S2. The Morgan fingerprint density at radius 1 is 1.21 bits per heavy atom. The van der Waals surface area contributed by atoms with E-state index in [0.29, 0.717) is 22.2 Å². The van der Waals surface area contributed by atoms with Gasteiger partial charge in [-0.2, -0.15) is 5.26 Å². The van der Waals surface area contributed by atoms with Crippen LogP contribution in [0.2, 0.25) is 0 Å². The summed E-state index contributed by atoms with van der Waals surface area (Å²) in [4.78, 5) is 19.9. The largest absolute Gasteiger partial charge is 0.465 e. The molecular weight excluding hydrogens is 344 g/mol. The third-order valence-corrected chi connectivity index (χ3v) is 4.88. The molecule has 0 bridgehead atoms. The van der Waals surface area contributed by atoms with Crippen LogP contribution in [0.4, 0.5) is 5.95 Å². The Hall–Kier alpha value is -1.46. The number of hydrogen-bond acceptors (Lipinski definition) is 8. The number of nitriles is 1. The third-order valence-electron chi connectivity index (χ3n) is 3.25. The van der Waals surface area contributed by atoms with E-state index in [1.54, 1.807) is 0 Å². The van der Waals surface area contributed by atoms with E-state index in [0.717, 1.165) is 24.6 Å². The Balaban J connectivity index is 2.37. The van der Waals surface area contributed by atoms with Crippen LogP contribution in [0.1, 0.15) is 51.0 Å². The molecule has 8 heteroatoms. The maximum Gasteiger partial charge on any atom is 0.316 e. The second kappa shape index (κ2) is 12.0. The third kappa shape index (κ3) is 7.41. The topological polar surface area (TPSA) is 102 Å². The molecule has 0 unspecified atom stereocenters. The SMILES string of the molecule is CCCCCCCCOC(=O)CSc1nc(N)nc(SC)c1C#N. The van der Waals surface area contributed by atoms with Crippen LogP contribution in [0.25, 0.3) is 0 Å². The molecule has 0 aromatic carbocycles. The van der Waals surface area contributed by atoms with Crippen LogP contribution >= 0.6 is 23.5 Å². The van der Waals surface area contributed by atoms with Crippen molar-refractivity contribution in [3.8, 4) is 6.07 Å². The first-order chi connectivity index (χ1) is 11.6. The fourth-order valence-electron chi connectivity index (χ4n) is 2.02. The van der Waals surface area contributed by atoms with Gasteiger partial charge >= 0.3 is 5.97 Å². The summed E-state index contributed by atoms with van der Waals surface area (Å²) in [5, 5.41) is 10.2. The van der Waals surface area contributed by atoms with Gasteiger partial charge in [-0.15, -0.1) is 11.8 Å². The van der Waals surface area contributed by atoms with Gasteiger partial charge < -0.3 is 10.5 Å². The lowest BCUT2D eigenvalue weighted by atomic mass is 10.1. The number of nitrogens with zero attached hydrogens (tertiary/aromatic N) is 3. The van der Waals surface area contributed by atoms with Gasteiger partial charge in [0.25, 0.3) is 0 Å². The molecule has 0 radical (unpaired) electrons. The molecule has 0 aliphatic carbocycles. The van der Waals surface area contributed by atoms with Crippen molar-refractivity contribution in [3.05, 3.63) is 5.56 Å². The van der Waals surface area contributed by atoms with E-state index in [4.69, 9.17) is 10.5 Å². The van der Waals surface area contributed by atoms with E-state index in [9.17, 15) is 10.1 Å². The highest BCUT2D eigenvalue weighted by molar-refractivity contribution is 8.00. The van der Waals surface area contributed by atoms with Crippen molar-refractivity contribution in [1.82, 2.24) is 9.97 Å². The Bertz CT molecular complexity index is 576. The Kier molecular flexibility index (Phi) is 10.3. The second-order valence-corrected chi connectivity index (χ2v) is 6.92. The van der Waals surface area contributed by atoms with Gasteiger partial charge in [0.1, 0.15) is 21.7 Å². The van der Waals surface area contributed by atoms with Gasteiger partial charge in [0.05, 0.1) is 12.4 Å². The van der Waals surface area contributed by atoms with Gasteiger partial charge in [-0.25, -0.2) is 9.97 Å². The fraction of sp³-hybridized carbons (Fsp3) is 0.625. The maximum atomic E-state index is 11.8. The molecule has 0 aliphatic heterocycles. The molecule has 1 rings (SSSR count). The molecule has 0 atom stereocenters. The van der Waals surface area contributed by atoms with E-state index in [2.05, 4.69) is 23.0 Å². The summed E-state index contributed by atoms with van der Waals surface area (Å²) < 4.78 is 5.21. The van der Waals surface area contributed by atoms with Crippen molar-refractivity contribution in [2.75, 3.05) is 24.3 Å². The van der Waals surface area contributed by atoms with Gasteiger partial charge in [-0.05, 0) is 12.7 Å². The number of aromatic nitrogens is 2. The summed E-state index contributed by atoms with van der Waals surface area (Å²) in [5.41, 5.74) is 5.99. The number of hydrogen-bond donors (Lipinski definition) is 1. The lowest BCUT2D eigenvalue weighted by Crippen LogP contribution is -2.09. The number of nitrogen functional groups attached to an aromatic ring is 1. The van der Waals surface area contributed by atoms with Gasteiger partial charge in [-0.3, -0.25) is 4.79 Å². The van der Waals surface area contributed by atoms with Gasteiger partial charge in [0, 0.05) is 0 Å².